The molecule has 0 spiro atoms. The Morgan fingerprint density at radius 2 is 1.57 bits per heavy atom. The van der Waals surface area contributed by atoms with Crippen LogP contribution in [0, 0.1) is 19.7 Å². The second-order valence-corrected chi connectivity index (χ2v) is 6.44. The normalized spacial score (nSPS) is 11.5. The Morgan fingerprint density at radius 1 is 0.893 bits per heavy atom. The molecule has 1 atom stereocenters. The third kappa shape index (κ3) is 4.43. The first-order valence-corrected chi connectivity index (χ1v) is 8.84. The van der Waals surface area contributed by atoms with Crippen LogP contribution >= 0.6 is 0 Å². The maximum absolute atomic E-state index is 13.1. The molecule has 28 heavy (non-hydrogen) atoms. The van der Waals surface area contributed by atoms with E-state index in [9.17, 15) is 14.0 Å². The Labute approximate surface area is 163 Å². The SMILES string of the molecule is Cc1cccc(C(=O)O[C@@H](C(=O)Nc2ccc(F)cc2)c2ccccc2)c1C. The molecule has 0 aliphatic rings. The number of nitrogens with one attached hydrogen (secondary N) is 1. The Morgan fingerprint density at radius 3 is 2.25 bits per heavy atom. The zero-order chi connectivity index (χ0) is 20.1. The van der Waals surface area contributed by atoms with Crippen LogP contribution in [0.5, 0.6) is 0 Å². The van der Waals surface area contributed by atoms with E-state index in [0.29, 0.717) is 16.8 Å². The van der Waals surface area contributed by atoms with E-state index in [4.69, 9.17) is 4.74 Å². The minimum Gasteiger partial charge on any atom is -0.444 e. The zero-order valence-corrected chi connectivity index (χ0v) is 15.6. The van der Waals surface area contributed by atoms with Crippen LogP contribution < -0.4 is 5.32 Å². The monoisotopic (exact) mass is 377 g/mol. The number of benzene rings is 3. The molecule has 0 saturated carbocycles. The van der Waals surface area contributed by atoms with Gasteiger partial charge in [-0.2, -0.15) is 0 Å². The smallest absolute Gasteiger partial charge is 0.339 e. The van der Waals surface area contributed by atoms with Crippen molar-refractivity contribution in [1.82, 2.24) is 0 Å². The summed E-state index contributed by atoms with van der Waals surface area (Å²) in [6.07, 6.45) is -1.14. The molecule has 0 bridgehead atoms. The van der Waals surface area contributed by atoms with Gasteiger partial charge in [0.25, 0.3) is 5.91 Å². The average Bonchev–Trinajstić information content (AvgIpc) is 2.70. The number of halogens is 1. The van der Waals surface area contributed by atoms with Crippen LogP contribution in [-0.2, 0) is 9.53 Å². The molecule has 5 heteroatoms. The molecule has 0 aliphatic heterocycles. The Balaban J connectivity index is 1.87. The fraction of sp³-hybridized carbons (Fsp3) is 0.130. The fourth-order valence-corrected chi connectivity index (χ4v) is 2.78. The van der Waals surface area contributed by atoms with E-state index >= 15 is 0 Å². The molecule has 0 aromatic heterocycles. The number of hydrogen-bond donors (Lipinski definition) is 1. The molecule has 0 aliphatic carbocycles. The number of amides is 1. The topological polar surface area (TPSA) is 55.4 Å². The Bertz CT molecular complexity index is 984. The van der Waals surface area contributed by atoms with E-state index in [-0.39, 0.29) is 0 Å². The van der Waals surface area contributed by atoms with Gasteiger partial charge in [-0.15, -0.1) is 0 Å². The predicted molar refractivity (Wildman–Crippen MR) is 106 cm³/mol. The summed E-state index contributed by atoms with van der Waals surface area (Å²) in [4.78, 5) is 25.6. The second kappa shape index (κ2) is 8.48. The number of rotatable bonds is 5. The fourth-order valence-electron chi connectivity index (χ4n) is 2.78. The number of carbonyl (C=O) groups is 2. The quantitative estimate of drug-likeness (QED) is 0.638. The van der Waals surface area contributed by atoms with E-state index in [0.717, 1.165) is 11.1 Å². The molecule has 1 amide bonds. The number of hydrogen-bond acceptors (Lipinski definition) is 3. The number of carbonyl (C=O) groups excluding carboxylic acids is 2. The summed E-state index contributed by atoms with van der Waals surface area (Å²) in [6, 6.07) is 19.5. The molecule has 142 valence electrons. The maximum atomic E-state index is 13.1. The molecule has 3 aromatic rings. The molecule has 4 nitrogen and oxygen atoms in total. The molecular weight excluding hydrogens is 357 g/mol. The first-order chi connectivity index (χ1) is 13.5. The Hall–Kier alpha value is -3.47. The summed E-state index contributed by atoms with van der Waals surface area (Å²) >= 11 is 0. The molecule has 0 saturated heterocycles. The van der Waals surface area contributed by atoms with Crippen LogP contribution in [0.3, 0.4) is 0 Å². The van der Waals surface area contributed by atoms with Crippen molar-refractivity contribution in [3.8, 4) is 0 Å². The van der Waals surface area contributed by atoms with E-state index in [2.05, 4.69) is 5.32 Å². The third-order valence-electron chi connectivity index (χ3n) is 4.50. The van der Waals surface area contributed by atoms with Crippen molar-refractivity contribution in [1.29, 1.82) is 0 Å². The van der Waals surface area contributed by atoms with E-state index in [1.54, 1.807) is 36.4 Å². The van der Waals surface area contributed by atoms with Crippen LogP contribution in [0.15, 0.2) is 72.8 Å². The van der Waals surface area contributed by atoms with Crippen molar-refractivity contribution >= 4 is 17.6 Å². The van der Waals surface area contributed by atoms with Crippen molar-refractivity contribution in [2.75, 3.05) is 5.32 Å². The van der Waals surface area contributed by atoms with Gasteiger partial charge in [0, 0.05) is 11.3 Å². The van der Waals surface area contributed by atoms with Gasteiger partial charge < -0.3 is 10.1 Å². The predicted octanol–water partition coefficient (Wildman–Crippen LogP) is 4.98. The van der Waals surface area contributed by atoms with Crippen LogP contribution in [0.4, 0.5) is 10.1 Å². The molecule has 3 aromatic carbocycles. The number of aryl methyl sites for hydroxylation is 1. The molecule has 0 radical (unpaired) electrons. The summed E-state index contributed by atoms with van der Waals surface area (Å²) in [5.41, 5.74) is 3.13. The molecule has 1 N–H and O–H groups in total. The minimum absolute atomic E-state index is 0.404. The third-order valence-corrected chi connectivity index (χ3v) is 4.50. The van der Waals surface area contributed by atoms with Gasteiger partial charge in [-0.1, -0.05) is 42.5 Å². The first kappa shape index (κ1) is 19.3. The summed E-state index contributed by atoms with van der Waals surface area (Å²) < 4.78 is 18.7. The molecular formula is C23H20FNO3. The molecule has 0 fully saturated rings. The van der Waals surface area contributed by atoms with Gasteiger partial charge in [0.2, 0.25) is 6.10 Å². The van der Waals surface area contributed by atoms with Crippen LogP contribution in [0.2, 0.25) is 0 Å². The van der Waals surface area contributed by atoms with Gasteiger partial charge in [0.15, 0.2) is 0 Å². The molecule has 3 rings (SSSR count). The highest BCUT2D eigenvalue weighted by Crippen LogP contribution is 2.23. The average molecular weight is 377 g/mol. The van der Waals surface area contributed by atoms with E-state index in [1.165, 1.54) is 24.3 Å². The highest BCUT2D eigenvalue weighted by atomic mass is 19.1. The minimum atomic E-state index is -1.14. The largest absolute Gasteiger partial charge is 0.444 e. The number of anilines is 1. The summed E-state index contributed by atoms with van der Waals surface area (Å²) in [5, 5.41) is 2.67. The van der Waals surface area contributed by atoms with Gasteiger partial charge in [-0.25, -0.2) is 9.18 Å². The van der Waals surface area contributed by atoms with Gasteiger partial charge in [0.05, 0.1) is 5.56 Å². The summed E-state index contributed by atoms with van der Waals surface area (Å²) in [5.74, 6) is -1.50. The first-order valence-electron chi connectivity index (χ1n) is 8.84. The lowest BCUT2D eigenvalue weighted by molar-refractivity contribution is -0.125. The van der Waals surface area contributed by atoms with Crippen LogP contribution in [0.25, 0.3) is 0 Å². The molecule has 0 heterocycles. The lowest BCUT2D eigenvalue weighted by Crippen LogP contribution is -2.26. The lowest BCUT2D eigenvalue weighted by atomic mass is 10.0. The van der Waals surface area contributed by atoms with Crippen LogP contribution in [0.1, 0.15) is 33.2 Å². The van der Waals surface area contributed by atoms with E-state index < -0.39 is 23.8 Å². The lowest BCUT2D eigenvalue weighted by Gasteiger charge is -2.19. The van der Waals surface area contributed by atoms with Crippen molar-refractivity contribution < 1.29 is 18.7 Å². The van der Waals surface area contributed by atoms with E-state index in [1.807, 2.05) is 26.0 Å². The highest BCUT2D eigenvalue weighted by molar-refractivity contribution is 5.98. The maximum Gasteiger partial charge on any atom is 0.339 e. The zero-order valence-electron chi connectivity index (χ0n) is 15.6. The summed E-state index contributed by atoms with van der Waals surface area (Å²) in [7, 11) is 0. The van der Waals surface area contributed by atoms with Gasteiger partial charge in [-0.05, 0) is 55.3 Å². The van der Waals surface area contributed by atoms with Crippen LogP contribution in [-0.4, -0.2) is 11.9 Å². The van der Waals surface area contributed by atoms with Crippen molar-refractivity contribution in [3.05, 3.63) is 101 Å². The van der Waals surface area contributed by atoms with Crippen molar-refractivity contribution in [2.45, 2.75) is 20.0 Å². The number of esters is 1. The van der Waals surface area contributed by atoms with Crippen molar-refractivity contribution in [2.24, 2.45) is 0 Å². The van der Waals surface area contributed by atoms with Gasteiger partial charge >= 0.3 is 5.97 Å². The Kier molecular flexibility index (Phi) is 5.84. The number of ether oxygens (including phenoxy) is 1. The van der Waals surface area contributed by atoms with Crippen molar-refractivity contribution in [3.63, 3.8) is 0 Å². The highest BCUT2D eigenvalue weighted by Gasteiger charge is 2.26. The van der Waals surface area contributed by atoms with Gasteiger partial charge in [0.1, 0.15) is 5.82 Å². The second-order valence-electron chi connectivity index (χ2n) is 6.44. The molecule has 0 unspecified atom stereocenters. The summed E-state index contributed by atoms with van der Waals surface area (Å²) in [6.45, 7) is 3.74. The standard InChI is InChI=1S/C23H20FNO3/c1-15-7-6-10-20(16(15)2)23(27)28-21(17-8-4-3-5-9-17)22(26)25-19-13-11-18(24)12-14-19/h3-14,21H,1-2H3,(H,25,26)/t21-/m1/s1. The van der Waals surface area contributed by atoms with Gasteiger partial charge in [-0.3, -0.25) is 4.79 Å².